The van der Waals surface area contributed by atoms with Crippen LogP contribution in [0.25, 0.3) is 11.4 Å². The molecule has 0 saturated carbocycles. The zero-order valence-electron chi connectivity index (χ0n) is 13.9. The quantitative estimate of drug-likeness (QED) is 0.797. The van der Waals surface area contributed by atoms with E-state index >= 15 is 0 Å². The van der Waals surface area contributed by atoms with Gasteiger partial charge in [-0.1, -0.05) is 11.6 Å². The first kappa shape index (κ1) is 18.5. The third-order valence-corrected chi connectivity index (χ3v) is 4.39. The Morgan fingerprint density at radius 2 is 2.27 bits per heavy atom. The fourth-order valence-corrected chi connectivity index (χ4v) is 2.83. The lowest BCUT2D eigenvalue weighted by Crippen LogP contribution is -2.32. The predicted molar refractivity (Wildman–Crippen MR) is 93.4 cm³/mol. The highest BCUT2D eigenvalue weighted by molar-refractivity contribution is 6.31. The second-order valence-electron chi connectivity index (χ2n) is 6.02. The van der Waals surface area contributed by atoms with Crippen LogP contribution in [0.3, 0.4) is 0 Å². The number of H-pyrrole nitrogens is 1. The molecule has 2 N–H and O–H groups in total. The van der Waals surface area contributed by atoms with Gasteiger partial charge in [-0.2, -0.15) is 0 Å². The SMILES string of the molecule is O=C(CCc1nnc(-c2ccc(F)c(Cl)c2)[nH]c1=O)NCC1CCCO1. The van der Waals surface area contributed by atoms with Crippen molar-refractivity contribution in [2.45, 2.75) is 31.8 Å². The molecule has 1 atom stereocenters. The largest absolute Gasteiger partial charge is 0.376 e. The van der Waals surface area contributed by atoms with Gasteiger partial charge in [0.05, 0.1) is 11.1 Å². The molecule has 0 spiro atoms. The van der Waals surface area contributed by atoms with Crippen molar-refractivity contribution in [1.29, 1.82) is 0 Å². The van der Waals surface area contributed by atoms with Crippen molar-refractivity contribution in [1.82, 2.24) is 20.5 Å². The molecule has 2 heterocycles. The number of rotatable bonds is 6. The van der Waals surface area contributed by atoms with Crippen LogP contribution < -0.4 is 10.9 Å². The first-order chi connectivity index (χ1) is 12.5. The number of amides is 1. The Morgan fingerprint density at radius 1 is 1.42 bits per heavy atom. The van der Waals surface area contributed by atoms with Gasteiger partial charge in [0.15, 0.2) is 5.82 Å². The molecule has 0 aliphatic carbocycles. The number of hydrogen-bond donors (Lipinski definition) is 2. The lowest BCUT2D eigenvalue weighted by molar-refractivity contribution is -0.121. The van der Waals surface area contributed by atoms with Crippen LogP contribution in [0.2, 0.25) is 5.02 Å². The standard InChI is InChI=1S/C17H18ClFN4O3/c18-12-8-10(3-4-13(12)19)16-21-17(25)14(22-23-16)5-6-15(24)20-9-11-2-1-7-26-11/h3-4,8,11H,1-2,5-7,9H2,(H,20,24)(H,21,23,25). The average molecular weight is 381 g/mol. The highest BCUT2D eigenvalue weighted by atomic mass is 35.5. The van der Waals surface area contributed by atoms with Crippen LogP contribution in [0.15, 0.2) is 23.0 Å². The molecule has 2 aromatic rings. The van der Waals surface area contributed by atoms with E-state index in [-0.39, 0.29) is 41.4 Å². The Balaban J connectivity index is 1.58. The molecule has 1 aliphatic heterocycles. The number of aromatic nitrogens is 3. The van der Waals surface area contributed by atoms with Crippen LogP contribution in [0.4, 0.5) is 4.39 Å². The van der Waals surface area contributed by atoms with E-state index in [0.29, 0.717) is 12.1 Å². The molecule has 7 nitrogen and oxygen atoms in total. The fourth-order valence-electron chi connectivity index (χ4n) is 2.65. The number of aryl methyl sites for hydroxylation is 1. The van der Waals surface area contributed by atoms with Crippen molar-refractivity contribution >= 4 is 17.5 Å². The number of carbonyl (C=O) groups is 1. The second-order valence-corrected chi connectivity index (χ2v) is 6.42. The van der Waals surface area contributed by atoms with Crippen molar-refractivity contribution in [3.05, 3.63) is 45.1 Å². The van der Waals surface area contributed by atoms with E-state index in [1.54, 1.807) is 0 Å². The van der Waals surface area contributed by atoms with E-state index < -0.39 is 11.4 Å². The van der Waals surface area contributed by atoms with Gasteiger partial charge >= 0.3 is 0 Å². The molecule has 1 aliphatic rings. The Morgan fingerprint density at radius 3 is 2.96 bits per heavy atom. The number of hydrogen-bond acceptors (Lipinski definition) is 5. The summed E-state index contributed by atoms with van der Waals surface area (Å²) in [5.74, 6) is -0.545. The van der Waals surface area contributed by atoms with Crippen molar-refractivity contribution < 1.29 is 13.9 Å². The average Bonchev–Trinajstić information content (AvgIpc) is 3.15. The second kappa shape index (κ2) is 8.37. The predicted octanol–water partition coefficient (Wildman–Crippen LogP) is 1.85. The summed E-state index contributed by atoms with van der Waals surface area (Å²) in [7, 11) is 0. The summed E-state index contributed by atoms with van der Waals surface area (Å²) in [6.07, 6.45) is 2.33. The number of ether oxygens (including phenoxy) is 1. The molecular weight excluding hydrogens is 363 g/mol. The zero-order valence-corrected chi connectivity index (χ0v) is 14.7. The first-order valence-electron chi connectivity index (χ1n) is 8.32. The van der Waals surface area contributed by atoms with Gasteiger partial charge in [0.1, 0.15) is 11.5 Å². The number of carbonyl (C=O) groups excluding carboxylic acids is 1. The highest BCUT2D eigenvalue weighted by Gasteiger charge is 2.16. The minimum atomic E-state index is -0.559. The fraction of sp³-hybridized carbons (Fsp3) is 0.412. The van der Waals surface area contributed by atoms with Gasteiger partial charge in [-0.05, 0) is 31.0 Å². The van der Waals surface area contributed by atoms with Crippen molar-refractivity contribution in [2.75, 3.05) is 13.2 Å². The first-order valence-corrected chi connectivity index (χ1v) is 8.70. The summed E-state index contributed by atoms with van der Waals surface area (Å²) in [4.78, 5) is 26.6. The minimum Gasteiger partial charge on any atom is -0.376 e. The number of nitrogens with one attached hydrogen (secondary N) is 2. The molecule has 3 rings (SSSR count). The van der Waals surface area contributed by atoms with E-state index in [9.17, 15) is 14.0 Å². The summed E-state index contributed by atoms with van der Waals surface area (Å²) in [6.45, 7) is 1.21. The minimum absolute atomic E-state index is 0.0721. The van der Waals surface area contributed by atoms with E-state index in [2.05, 4.69) is 20.5 Å². The smallest absolute Gasteiger partial charge is 0.273 e. The van der Waals surface area contributed by atoms with E-state index in [1.807, 2.05) is 0 Å². The third kappa shape index (κ3) is 4.64. The highest BCUT2D eigenvalue weighted by Crippen LogP contribution is 2.21. The normalized spacial score (nSPS) is 16.6. The van der Waals surface area contributed by atoms with E-state index in [0.717, 1.165) is 19.4 Å². The van der Waals surface area contributed by atoms with Crippen LogP contribution in [0.5, 0.6) is 0 Å². The molecular formula is C17H18ClFN4O3. The van der Waals surface area contributed by atoms with Crippen LogP contribution in [0, 0.1) is 5.82 Å². The van der Waals surface area contributed by atoms with Gasteiger partial charge in [0, 0.05) is 31.6 Å². The van der Waals surface area contributed by atoms with Gasteiger partial charge in [-0.3, -0.25) is 9.59 Å². The van der Waals surface area contributed by atoms with Crippen molar-refractivity contribution in [3.8, 4) is 11.4 Å². The van der Waals surface area contributed by atoms with E-state index in [4.69, 9.17) is 16.3 Å². The third-order valence-electron chi connectivity index (χ3n) is 4.10. The number of benzene rings is 1. The molecule has 0 bridgehead atoms. The van der Waals surface area contributed by atoms with Crippen LogP contribution in [-0.2, 0) is 16.0 Å². The van der Waals surface area contributed by atoms with Crippen LogP contribution >= 0.6 is 11.6 Å². The number of halogens is 2. The van der Waals surface area contributed by atoms with Crippen molar-refractivity contribution in [3.63, 3.8) is 0 Å². The van der Waals surface area contributed by atoms with Gasteiger partial charge in [-0.15, -0.1) is 10.2 Å². The molecule has 1 saturated heterocycles. The number of aromatic amines is 1. The number of nitrogens with zero attached hydrogens (tertiary/aromatic N) is 2. The Bertz CT molecular complexity index is 852. The molecule has 1 fully saturated rings. The molecule has 1 aromatic carbocycles. The van der Waals surface area contributed by atoms with Crippen LogP contribution in [0.1, 0.15) is 25.0 Å². The summed E-state index contributed by atoms with van der Waals surface area (Å²) in [6, 6.07) is 3.98. The van der Waals surface area contributed by atoms with E-state index in [1.165, 1.54) is 18.2 Å². The summed E-state index contributed by atoms with van der Waals surface area (Å²) in [5.41, 5.74) is 0.165. The van der Waals surface area contributed by atoms with Crippen LogP contribution in [-0.4, -0.2) is 40.3 Å². The summed E-state index contributed by atoms with van der Waals surface area (Å²) in [5, 5.41) is 10.5. The molecule has 1 aromatic heterocycles. The lowest BCUT2D eigenvalue weighted by atomic mass is 10.2. The van der Waals surface area contributed by atoms with Gasteiger partial charge in [0.2, 0.25) is 5.91 Å². The Hall–Kier alpha value is -2.32. The zero-order chi connectivity index (χ0) is 18.5. The van der Waals surface area contributed by atoms with Gasteiger partial charge < -0.3 is 15.0 Å². The maximum absolute atomic E-state index is 13.2. The molecule has 1 amide bonds. The maximum Gasteiger partial charge on any atom is 0.273 e. The maximum atomic E-state index is 13.2. The monoisotopic (exact) mass is 380 g/mol. The summed E-state index contributed by atoms with van der Waals surface area (Å²) >= 11 is 5.73. The molecule has 138 valence electrons. The Kier molecular flexibility index (Phi) is 5.95. The Labute approximate surface area is 153 Å². The topological polar surface area (TPSA) is 97.0 Å². The lowest BCUT2D eigenvalue weighted by Gasteiger charge is -2.10. The molecule has 0 radical (unpaired) electrons. The van der Waals surface area contributed by atoms with Gasteiger partial charge in [0.25, 0.3) is 5.56 Å². The van der Waals surface area contributed by atoms with Gasteiger partial charge in [-0.25, -0.2) is 4.39 Å². The molecule has 9 heteroatoms. The molecule has 1 unspecified atom stereocenters. The summed E-state index contributed by atoms with van der Waals surface area (Å²) < 4.78 is 18.6. The van der Waals surface area contributed by atoms with Crippen molar-refractivity contribution in [2.24, 2.45) is 0 Å². The molecule has 26 heavy (non-hydrogen) atoms.